The fraction of sp³-hybridized carbons (Fsp3) is 0.278. The zero-order chi connectivity index (χ0) is 14.4. The molecule has 1 aromatic heterocycles. The second-order valence-corrected chi connectivity index (χ2v) is 5.89. The number of nitrogen functional groups attached to an aromatic ring is 1. The third kappa shape index (κ3) is 1.84. The molecule has 1 heterocycles. The average molecular weight is 277 g/mol. The number of hydrogen-bond donors (Lipinski definition) is 1. The summed E-state index contributed by atoms with van der Waals surface area (Å²) in [5, 5.41) is 0. The quantitative estimate of drug-likeness (QED) is 0.734. The maximum absolute atomic E-state index is 6.26. The summed E-state index contributed by atoms with van der Waals surface area (Å²) >= 11 is 0. The Morgan fingerprint density at radius 1 is 1.14 bits per heavy atom. The highest BCUT2D eigenvalue weighted by molar-refractivity contribution is 5.82. The van der Waals surface area contributed by atoms with Crippen LogP contribution in [0.1, 0.15) is 35.6 Å². The van der Waals surface area contributed by atoms with E-state index in [1.165, 1.54) is 23.1 Å². The van der Waals surface area contributed by atoms with E-state index in [1.807, 2.05) is 0 Å². The van der Waals surface area contributed by atoms with Gasteiger partial charge in [0.1, 0.15) is 0 Å². The van der Waals surface area contributed by atoms with Crippen LogP contribution in [0.25, 0.3) is 11.0 Å². The molecule has 1 atom stereocenters. The molecule has 1 aliphatic rings. The van der Waals surface area contributed by atoms with Gasteiger partial charge in [0.2, 0.25) is 5.95 Å². The molecule has 1 unspecified atom stereocenters. The second-order valence-electron chi connectivity index (χ2n) is 5.89. The molecular formula is C18H19N3. The van der Waals surface area contributed by atoms with Crippen molar-refractivity contribution in [3.8, 4) is 0 Å². The highest BCUT2D eigenvalue weighted by atomic mass is 15.2. The summed E-state index contributed by atoms with van der Waals surface area (Å²) in [7, 11) is 0. The standard InChI is InChI=1S/C18H19N3/c1-12-6-4-11-16-17(12)20-18(19)21(16)15-10-5-8-13-7-2-3-9-14(13)15/h2-4,6-7,9,11,15H,5,8,10H2,1H3,(H2,19,20). The van der Waals surface area contributed by atoms with Crippen LogP contribution in [0.15, 0.2) is 42.5 Å². The van der Waals surface area contributed by atoms with E-state index in [-0.39, 0.29) is 0 Å². The van der Waals surface area contributed by atoms with E-state index in [2.05, 4.69) is 58.9 Å². The molecule has 0 radical (unpaired) electrons. The van der Waals surface area contributed by atoms with Gasteiger partial charge in [-0.05, 0) is 48.9 Å². The Balaban J connectivity index is 1.96. The molecule has 2 aromatic carbocycles. The molecule has 1 aliphatic carbocycles. The number of nitrogens with zero attached hydrogens (tertiary/aromatic N) is 2. The normalized spacial score (nSPS) is 17.9. The number of hydrogen-bond acceptors (Lipinski definition) is 2. The lowest BCUT2D eigenvalue weighted by Gasteiger charge is -2.27. The van der Waals surface area contributed by atoms with Crippen molar-refractivity contribution in [1.82, 2.24) is 9.55 Å². The molecule has 106 valence electrons. The van der Waals surface area contributed by atoms with Gasteiger partial charge in [0, 0.05) is 0 Å². The van der Waals surface area contributed by atoms with Crippen LogP contribution in [-0.4, -0.2) is 9.55 Å². The van der Waals surface area contributed by atoms with Crippen molar-refractivity contribution in [2.45, 2.75) is 32.2 Å². The van der Waals surface area contributed by atoms with Gasteiger partial charge in [-0.25, -0.2) is 4.98 Å². The molecule has 0 saturated carbocycles. The van der Waals surface area contributed by atoms with Crippen molar-refractivity contribution >= 4 is 17.0 Å². The summed E-state index contributed by atoms with van der Waals surface area (Å²) in [5.41, 5.74) is 12.5. The van der Waals surface area contributed by atoms with Crippen LogP contribution >= 0.6 is 0 Å². The summed E-state index contributed by atoms with van der Waals surface area (Å²) in [6.45, 7) is 2.09. The number of nitrogens with two attached hydrogens (primary N) is 1. The molecule has 0 aliphatic heterocycles. The van der Waals surface area contributed by atoms with Crippen molar-refractivity contribution in [2.75, 3.05) is 5.73 Å². The largest absolute Gasteiger partial charge is 0.369 e. The van der Waals surface area contributed by atoms with Gasteiger partial charge < -0.3 is 10.3 Å². The number of para-hydroxylation sites is 1. The van der Waals surface area contributed by atoms with Gasteiger partial charge in [0.15, 0.2) is 0 Å². The van der Waals surface area contributed by atoms with Crippen LogP contribution in [0.4, 0.5) is 5.95 Å². The Hall–Kier alpha value is -2.29. The van der Waals surface area contributed by atoms with Gasteiger partial charge >= 0.3 is 0 Å². The molecular weight excluding hydrogens is 258 g/mol. The lowest BCUT2D eigenvalue weighted by Crippen LogP contribution is -2.18. The van der Waals surface area contributed by atoms with E-state index in [9.17, 15) is 0 Å². The van der Waals surface area contributed by atoms with Crippen LogP contribution in [0.2, 0.25) is 0 Å². The Morgan fingerprint density at radius 2 is 2.00 bits per heavy atom. The number of fused-ring (bicyclic) bond motifs is 2. The van der Waals surface area contributed by atoms with Crippen molar-refractivity contribution in [3.63, 3.8) is 0 Å². The Kier molecular flexibility index (Phi) is 2.74. The van der Waals surface area contributed by atoms with Crippen molar-refractivity contribution in [3.05, 3.63) is 59.2 Å². The molecule has 21 heavy (non-hydrogen) atoms. The Bertz CT molecular complexity index is 816. The predicted octanol–water partition coefficient (Wildman–Crippen LogP) is 3.85. The summed E-state index contributed by atoms with van der Waals surface area (Å²) < 4.78 is 2.22. The van der Waals surface area contributed by atoms with E-state index < -0.39 is 0 Å². The van der Waals surface area contributed by atoms with Crippen LogP contribution < -0.4 is 5.73 Å². The molecule has 0 bridgehead atoms. The molecule has 3 heteroatoms. The highest BCUT2D eigenvalue weighted by Crippen LogP contribution is 2.36. The molecule has 0 amide bonds. The van der Waals surface area contributed by atoms with E-state index in [0.717, 1.165) is 23.9 Å². The first-order valence-corrected chi connectivity index (χ1v) is 7.56. The van der Waals surface area contributed by atoms with Crippen LogP contribution in [0, 0.1) is 6.92 Å². The third-order valence-electron chi connectivity index (χ3n) is 4.60. The van der Waals surface area contributed by atoms with Crippen molar-refractivity contribution in [1.29, 1.82) is 0 Å². The fourth-order valence-electron chi connectivity index (χ4n) is 3.60. The summed E-state index contributed by atoms with van der Waals surface area (Å²) in [4.78, 5) is 4.60. The van der Waals surface area contributed by atoms with Gasteiger partial charge in [-0.2, -0.15) is 0 Å². The molecule has 0 spiro atoms. The number of aryl methyl sites for hydroxylation is 2. The van der Waals surface area contributed by atoms with Gasteiger partial charge in [-0.3, -0.25) is 0 Å². The second kappa shape index (κ2) is 4.62. The van der Waals surface area contributed by atoms with Crippen molar-refractivity contribution < 1.29 is 0 Å². The minimum Gasteiger partial charge on any atom is -0.369 e. The van der Waals surface area contributed by atoms with Crippen molar-refractivity contribution in [2.24, 2.45) is 0 Å². The SMILES string of the molecule is Cc1cccc2c1nc(N)n2C1CCCc2ccccc21. The minimum atomic E-state index is 0.307. The summed E-state index contributed by atoms with van der Waals surface area (Å²) in [5.74, 6) is 0.626. The number of rotatable bonds is 1. The number of anilines is 1. The molecule has 0 saturated heterocycles. The first kappa shape index (κ1) is 12.5. The minimum absolute atomic E-state index is 0.307. The van der Waals surface area contributed by atoms with Gasteiger partial charge in [-0.15, -0.1) is 0 Å². The summed E-state index contributed by atoms with van der Waals surface area (Å²) in [6.07, 6.45) is 3.49. The van der Waals surface area contributed by atoms with Gasteiger partial charge in [0.05, 0.1) is 17.1 Å². The van der Waals surface area contributed by atoms with Crippen LogP contribution in [0.3, 0.4) is 0 Å². The number of imidazole rings is 1. The first-order valence-electron chi connectivity index (χ1n) is 7.56. The lowest BCUT2D eigenvalue weighted by molar-refractivity contribution is 0.504. The molecule has 0 fully saturated rings. The van der Waals surface area contributed by atoms with E-state index in [1.54, 1.807) is 0 Å². The monoisotopic (exact) mass is 277 g/mol. The highest BCUT2D eigenvalue weighted by Gasteiger charge is 2.24. The van der Waals surface area contributed by atoms with Gasteiger partial charge in [-0.1, -0.05) is 36.4 Å². The average Bonchev–Trinajstić information content (AvgIpc) is 2.84. The predicted molar refractivity (Wildman–Crippen MR) is 86.4 cm³/mol. The molecule has 3 nitrogen and oxygen atoms in total. The first-order chi connectivity index (χ1) is 10.3. The summed E-state index contributed by atoms with van der Waals surface area (Å²) in [6, 6.07) is 15.3. The zero-order valence-electron chi connectivity index (χ0n) is 12.2. The molecule has 3 aromatic rings. The molecule has 2 N–H and O–H groups in total. The molecule has 4 rings (SSSR count). The number of aromatic nitrogens is 2. The maximum Gasteiger partial charge on any atom is 0.201 e. The van der Waals surface area contributed by atoms with Crippen LogP contribution in [-0.2, 0) is 6.42 Å². The zero-order valence-corrected chi connectivity index (χ0v) is 12.2. The Labute approximate surface area is 124 Å². The van der Waals surface area contributed by atoms with Crippen LogP contribution in [0.5, 0.6) is 0 Å². The Morgan fingerprint density at radius 3 is 2.90 bits per heavy atom. The van der Waals surface area contributed by atoms with Gasteiger partial charge in [0.25, 0.3) is 0 Å². The number of benzene rings is 2. The lowest BCUT2D eigenvalue weighted by atomic mass is 9.87. The third-order valence-corrected chi connectivity index (χ3v) is 4.60. The topological polar surface area (TPSA) is 43.8 Å². The van der Waals surface area contributed by atoms with E-state index in [4.69, 9.17) is 5.73 Å². The van der Waals surface area contributed by atoms with E-state index >= 15 is 0 Å². The fourth-order valence-corrected chi connectivity index (χ4v) is 3.60. The maximum atomic E-state index is 6.26. The smallest absolute Gasteiger partial charge is 0.201 e. The van der Waals surface area contributed by atoms with E-state index in [0.29, 0.717) is 12.0 Å².